The van der Waals surface area contributed by atoms with Gasteiger partial charge in [0.1, 0.15) is 0 Å². The Balaban J connectivity index is 1.77. The van der Waals surface area contributed by atoms with Gasteiger partial charge in [-0.15, -0.1) is 16.4 Å². The normalized spacial score (nSPS) is 10.6. The molecule has 0 aliphatic carbocycles. The minimum absolute atomic E-state index is 0.125. The summed E-state index contributed by atoms with van der Waals surface area (Å²) in [6.07, 6.45) is 0. The molecule has 1 amide bonds. The minimum Gasteiger partial charge on any atom is -0.382 e. The maximum atomic E-state index is 12.1. The standard InChI is InChI=1S/C14H12BrN5OS/c15-9-3-5-10(6-4-9)20-13(16)12(18-19-20)14(21)17-8-11-2-1-7-22-11/h1-7H,8,16H2,(H,17,21). The summed E-state index contributed by atoms with van der Waals surface area (Å²) in [6, 6.07) is 11.3. The highest BCUT2D eigenvalue weighted by atomic mass is 79.9. The Morgan fingerprint density at radius 2 is 2.09 bits per heavy atom. The Morgan fingerprint density at radius 3 is 2.77 bits per heavy atom. The second-order valence-corrected chi connectivity index (χ2v) is 6.42. The molecule has 0 spiro atoms. The summed E-state index contributed by atoms with van der Waals surface area (Å²) in [6.45, 7) is 0.446. The molecule has 0 unspecified atom stereocenters. The quantitative estimate of drug-likeness (QED) is 0.731. The van der Waals surface area contributed by atoms with Gasteiger partial charge in [0.25, 0.3) is 5.91 Å². The van der Waals surface area contributed by atoms with E-state index >= 15 is 0 Å². The van der Waals surface area contributed by atoms with Crippen molar-refractivity contribution in [3.63, 3.8) is 0 Å². The first-order chi connectivity index (χ1) is 10.6. The van der Waals surface area contributed by atoms with E-state index in [0.29, 0.717) is 6.54 Å². The largest absolute Gasteiger partial charge is 0.382 e. The molecule has 0 aliphatic rings. The molecule has 2 aromatic heterocycles. The lowest BCUT2D eigenvalue weighted by Gasteiger charge is -2.04. The summed E-state index contributed by atoms with van der Waals surface area (Å²) in [5, 5.41) is 12.6. The van der Waals surface area contributed by atoms with Crippen LogP contribution in [0.25, 0.3) is 5.69 Å². The number of nitrogens with two attached hydrogens (primary N) is 1. The number of anilines is 1. The van der Waals surface area contributed by atoms with Crippen molar-refractivity contribution in [2.45, 2.75) is 6.54 Å². The van der Waals surface area contributed by atoms with Gasteiger partial charge in [0.2, 0.25) is 0 Å². The Bertz CT molecular complexity index is 782. The molecule has 1 aromatic carbocycles. The zero-order valence-electron chi connectivity index (χ0n) is 11.4. The molecular formula is C14H12BrN5OS. The summed E-state index contributed by atoms with van der Waals surface area (Å²) >= 11 is 4.94. The third kappa shape index (κ3) is 3.02. The third-order valence-electron chi connectivity index (χ3n) is 2.99. The first kappa shape index (κ1) is 14.7. The number of amides is 1. The number of carbonyl (C=O) groups excluding carboxylic acids is 1. The van der Waals surface area contributed by atoms with Crippen LogP contribution in [0.5, 0.6) is 0 Å². The van der Waals surface area contributed by atoms with E-state index in [4.69, 9.17) is 5.73 Å². The molecule has 0 bridgehead atoms. The Kier molecular flexibility index (Phi) is 4.21. The lowest BCUT2D eigenvalue weighted by molar-refractivity contribution is 0.0947. The molecule has 0 saturated heterocycles. The molecule has 3 rings (SSSR count). The topological polar surface area (TPSA) is 85.8 Å². The van der Waals surface area contributed by atoms with Crippen molar-refractivity contribution < 1.29 is 4.79 Å². The van der Waals surface area contributed by atoms with Crippen LogP contribution in [0, 0.1) is 0 Å². The summed E-state index contributed by atoms with van der Waals surface area (Å²) in [5.74, 6) is -0.125. The van der Waals surface area contributed by atoms with Crippen LogP contribution >= 0.6 is 27.3 Å². The highest BCUT2D eigenvalue weighted by Gasteiger charge is 2.18. The van der Waals surface area contributed by atoms with Crippen LogP contribution in [0.2, 0.25) is 0 Å². The maximum Gasteiger partial charge on any atom is 0.276 e. The van der Waals surface area contributed by atoms with E-state index in [1.807, 2.05) is 41.8 Å². The number of rotatable bonds is 4. The number of hydrogen-bond donors (Lipinski definition) is 2. The molecule has 112 valence electrons. The SMILES string of the molecule is Nc1c(C(=O)NCc2cccs2)nnn1-c1ccc(Br)cc1. The second-order valence-electron chi connectivity index (χ2n) is 4.47. The molecule has 0 radical (unpaired) electrons. The number of nitrogens with zero attached hydrogens (tertiary/aromatic N) is 3. The van der Waals surface area contributed by atoms with Crippen LogP contribution in [-0.2, 0) is 6.54 Å². The van der Waals surface area contributed by atoms with E-state index in [2.05, 4.69) is 31.6 Å². The number of halogens is 1. The molecule has 6 nitrogen and oxygen atoms in total. The van der Waals surface area contributed by atoms with Gasteiger partial charge < -0.3 is 11.1 Å². The van der Waals surface area contributed by atoms with Crippen LogP contribution in [0.1, 0.15) is 15.4 Å². The van der Waals surface area contributed by atoms with Crippen molar-refractivity contribution in [3.05, 3.63) is 56.8 Å². The molecule has 0 atom stereocenters. The average molecular weight is 378 g/mol. The number of aromatic nitrogens is 3. The van der Waals surface area contributed by atoms with Gasteiger partial charge >= 0.3 is 0 Å². The average Bonchev–Trinajstić information content (AvgIpc) is 3.15. The predicted molar refractivity (Wildman–Crippen MR) is 89.0 cm³/mol. The van der Waals surface area contributed by atoms with E-state index in [-0.39, 0.29) is 17.4 Å². The van der Waals surface area contributed by atoms with E-state index in [1.54, 1.807) is 11.3 Å². The first-order valence-electron chi connectivity index (χ1n) is 6.43. The van der Waals surface area contributed by atoms with Crippen LogP contribution in [0.3, 0.4) is 0 Å². The number of nitrogens with one attached hydrogen (secondary N) is 1. The highest BCUT2D eigenvalue weighted by molar-refractivity contribution is 9.10. The molecule has 0 fully saturated rings. The summed E-state index contributed by atoms with van der Waals surface area (Å²) < 4.78 is 2.39. The summed E-state index contributed by atoms with van der Waals surface area (Å²) in [4.78, 5) is 13.2. The molecule has 22 heavy (non-hydrogen) atoms. The molecular weight excluding hydrogens is 366 g/mol. The molecule has 3 N–H and O–H groups in total. The van der Waals surface area contributed by atoms with Gasteiger partial charge in [0, 0.05) is 9.35 Å². The Morgan fingerprint density at radius 1 is 1.32 bits per heavy atom. The number of hydrogen-bond acceptors (Lipinski definition) is 5. The lowest BCUT2D eigenvalue weighted by Crippen LogP contribution is -2.23. The van der Waals surface area contributed by atoms with Crippen LogP contribution < -0.4 is 11.1 Å². The van der Waals surface area contributed by atoms with Gasteiger partial charge in [-0.25, -0.2) is 0 Å². The zero-order valence-corrected chi connectivity index (χ0v) is 13.8. The Hall–Kier alpha value is -2.19. The lowest BCUT2D eigenvalue weighted by atomic mass is 10.3. The van der Waals surface area contributed by atoms with Crippen molar-refractivity contribution in [2.24, 2.45) is 0 Å². The van der Waals surface area contributed by atoms with E-state index in [1.165, 1.54) is 4.68 Å². The van der Waals surface area contributed by atoms with Gasteiger partial charge in [0.05, 0.1) is 12.2 Å². The summed E-state index contributed by atoms with van der Waals surface area (Å²) in [7, 11) is 0. The van der Waals surface area contributed by atoms with E-state index < -0.39 is 0 Å². The number of nitrogen functional groups attached to an aromatic ring is 1. The van der Waals surface area contributed by atoms with Gasteiger partial charge in [-0.1, -0.05) is 27.2 Å². The zero-order chi connectivity index (χ0) is 15.5. The minimum atomic E-state index is -0.339. The van der Waals surface area contributed by atoms with Crippen LogP contribution in [0.15, 0.2) is 46.3 Å². The number of carbonyl (C=O) groups is 1. The fourth-order valence-electron chi connectivity index (χ4n) is 1.89. The van der Waals surface area contributed by atoms with Crippen LogP contribution in [0.4, 0.5) is 5.82 Å². The molecule has 0 aliphatic heterocycles. The highest BCUT2D eigenvalue weighted by Crippen LogP contribution is 2.18. The first-order valence-corrected chi connectivity index (χ1v) is 8.10. The predicted octanol–water partition coefficient (Wildman–Crippen LogP) is 2.60. The van der Waals surface area contributed by atoms with Gasteiger partial charge in [0.15, 0.2) is 11.5 Å². The second kappa shape index (κ2) is 6.29. The fraction of sp³-hybridized carbons (Fsp3) is 0.0714. The third-order valence-corrected chi connectivity index (χ3v) is 4.40. The van der Waals surface area contributed by atoms with E-state index in [0.717, 1.165) is 15.0 Å². The summed E-state index contributed by atoms with van der Waals surface area (Å²) in [5.41, 5.74) is 6.86. The van der Waals surface area contributed by atoms with Crippen molar-refractivity contribution >= 4 is 39.0 Å². The molecule has 2 heterocycles. The molecule has 3 aromatic rings. The van der Waals surface area contributed by atoms with Crippen molar-refractivity contribution in [1.82, 2.24) is 20.3 Å². The van der Waals surface area contributed by atoms with Crippen molar-refractivity contribution in [3.8, 4) is 5.69 Å². The van der Waals surface area contributed by atoms with Crippen molar-refractivity contribution in [2.75, 3.05) is 5.73 Å². The fourth-order valence-corrected chi connectivity index (χ4v) is 2.80. The van der Waals surface area contributed by atoms with E-state index in [9.17, 15) is 4.79 Å². The molecule has 0 saturated carbocycles. The molecule has 8 heteroatoms. The number of benzene rings is 1. The van der Waals surface area contributed by atoms with Gasteiger partial charge in [-0.2, -0.15) is 4.68 Å². The Labute approximate surface area is 139 Å². The number of thiophene rings is 1. The monoisotopic (exact) mass is 377 g/mol. The van der Waals surface area contributed by atoms with Crippen molar-refractivity contribution in [1.29, 1.82) is 0 Å². The van der Waals surface area contributed by atoms with Gasteiger partial charge in [-0.05, 0) is 35.7 Å². The van der Waals surface area contributed by atoms with Gasteiger partial charge in [-0.3, -0.25) is 4.79 Å². The maximum absolute atomic E-state index is 12.1. The smallest absolute Gasteiger partial charge is 0.276 e. The van der Waals surface area contributed by atoms with Crippen LogP contribution in [-0.4, -0.2) is 20.9 Å².